The summed E-state index contributed by atoms with van der Waals surface area (Å²) in [5.74, 6) is -2.86. The van der Waals surface area contributed by atoms with Gasteiger partial charge in [-0.15, -0.1) is 0 Å². The number of carbonyl (C=O) groups excluding carboxylic acids is 2. The molecule has 1 aromatic carbocycles. The first-order valence-corrected chi connectivity index (χ1v) is 10.7. The maximum Gasteiger partial charge on any atom is 0.425 e. The van der Waals surface area contributed by atoms with Crippen LogP contribution in [0.25, 0.3) is 0 Å². The van der Waals surface area contributed by atoms with Crippen molar-refractivity contribution in [3.8, 4) is 11.5 Å². The molecule has 3 N–H and O–H groups in total. The molecular formula is C23H20F3N5O6. The van der Waals surface area contributed by atoms with Crippen LogP contribution < -0.4 is 31.4 Å². The smallest absolute Gasteiger partial charge is 0.425 e. The highest BCUT2D eigenvalue weighted by Crippen LogP contribution is 2.45. The largest absolute Gasteiger partial charge is 0.493 e. The summed E-state index contributed by atoms with van der Waals surface area (Å²) in [6.07, 6.45) is -3.04. The monoisotopic (exact) mass is 519 g/mol. The number of nitrogens with zero attached hydrogens (tertiary/aromatic N) is 2. The van der Waals surface area contributed by atoms with Crippen molar-refractivity contribution in [2.24, 2.45) is 0 Å². The Kier molecular flexibility index (Phi) is 6.50. The molecule has 0 aliphatic carbocycles. The van der Waals surface area contributed by atoms with Crippen LogP contribution in [-0.4, -0.2) is 46.7 Å². The van der Waals surface area contributed by atoms with Crippen LogP contribution in [0.15, 0.2) is 52.3 Å². The number of fused-ring (bicyclic) bond motifs is 1. The van der Waals surface area contributed by atoms with Crippen molar-refractivity contribution < 1.29 is 32.2 Å². The summed E-state index contributed by atoms with van der Waals surface area (Å²) in [6.45, 7) is -0.224. The molecule has 14 heteroatoms. The Labute approximate surface area is 206 Å². The molecule has 2 aromatic heterocycles. The van der Waals surface area contributed by atoms with Gasteiger partial charge in [0, 0.05) is 18.9 Å². The van der Waals surface area contributed by atoms with Crippen LogP contribution in [0.3, 0.4) is 0 Å². The van der Waals surface area contributed by atoms with Crippen LogP contribution in [0.1, 0.15) is 21.5 Å². The Balaban J connectivity index is 1.78. The van der Waals surface area contributed by atoms with E-state index >= 15 is 0 Å². The second kappa shape index (κ2) is 9.44. The molecule has 1 atom stereocenters. The fourth-order valence-electron chi connectivity index (χ4n) is 4.05. The van der Waals surface area contributed by atoms with Crippen molar-refractivity contribution in [2.45, 2.75) is 24.7 Å². The van der Waals surface area contributed by atoms with E-state index in [-0.39, 0.29) is 18.5 Å². The second-order valence-electron chi connectivity index (χ2n) is 7.97. The van der Waals surface area contributed by atoms with Crippen molar-refractivity contribution in [3.63, 3.8) is 0 Å². The van der Waals surface area contributed by atoms with Crippen LogP contribution in [0.5, 0.6) is 11.5 Å². The van der Waals surface area contributed by atoms with E-state index in [0.717, 1.165) is 10.8 Å². The zero-order valence-corrected chi connectivity index (χ0v) is 19.4. The lowest BCUT2D eigenvalue weighted by molar-refractivity contribution is -0.196. The molecule has 0 bridgehead atoms. The number of nitrogens with one attached hydrogen (secondary N) is 3. The van der Waals surface area contributed by atoms with E-state index in [0.29, 0.717) is 17.1 Å². The number of anilines is 1. The Morgan fingerprint density at radius 3 is 2.49 bits per heavy atom. The van der Waals surface area contributed by atoms with Crippen LogP contribution in [0.2, 0.25) is 0 Å². The number of amides is 2. The molecular weight excluding hydrogens is 499 g/mol. The maximum atomic E-state index is 14.5. The summed E-state index contributed by atoms with van der Waals surface area (Å²) in [5.41, 5.74) is -7.05. The first-order chi connectivity index (χ1) is 17.5. The van der Waals surface area contributed by atoms with Crippen LogP contribution in [0, 0.1) is 0 Å². The number of hydrogen-bond acceptors (Lipinski definition) is 7. The van der Waals surface area contributed by atoms with Gasteiger partial charge in [0.05, 0.1) is 19.8 Å². The van der Waals surface area contributed by atoms with E-state index in [4.69, 9.17) is 9.47 Å². The first kappa shape index (κ1) is 25.5. The molecule has 1 aliphatic rings. The molecule has 37 heavy (non-hydrogen) atoms. The summed E-state index contributed by atoms with van der Waals surface area (Å²) in [4.78, 5) is 56.3. The van der Waals surface area contributed by atoms with E-state index in [1.807, 2.05) is 10.3 Å². The topological polar surface area (TPSA) is 144 Å². The van der Waals surface area contributed by atoms with Crippen molar-refractivity contribution in [1.29, 1.82) is 0 Å². The molecule has 3 aromatic rings. The van der Waals surface area contributed by atoms with Gasteiger partial charge in [-0.1, -0.05) is 6.07 Å². The number of ether oxygens (including phenoxy) is 2. The van der Waals surface area contributed by atoms with E-state index < -0.39 is 46.2 Å². The van der Waals surface area contributed by atoms with Gasteiger partial charge in [-0.2, -0.15) is 13.2 Å². The quantitative estimate of drug-likeness (QED) is 0.427. The zero-order valence-electron chi connectivity index (χ0n) is 19.4. The summed E-state index contributed by atoms with van der Waals surface area (Å²) >= 11 is 0. The van der Waals surface area contributed by atoms with Gasteiger partial charge in [0.25, 0.3) is 22.9 Å². The lowest BCUT2D eigenvalue weighted by Gasteiger charge is -2.30. The lowest BCUT2D eigenvalue weighted by atomic mass is 9.91. The number of carbonyl (C=O) groups is 2. The minimum absolute atomic E-state index is 0.107. The predicted molar refractivity (Wildman–Crippen MR) is 123 cm³/mol. The Bertz CT molecular complexity index is 1480. The number of halogens is 3. The molecule has 4 rings (SSSR count). The van der Waals surface area contributed by atoms with Crippen molar-refractivity contribution in [1.82, 2.24) is 19.9 Å². The van der Waals surface area contributed by atoms with E-state index in [1.165, 1.54) is 32.5 Å². The summed E-state index contributed by atoms with van der Waals surface area (Å²) in [6, 6.07) is 7.39. The fraction of sp³-hybridized carbons (Fsp3) is 0.261. The number of pyridine rings is 1. The van der Waals surface area contributed by atoms with Gasteiger partial charge in [0.1, 0.15) is 11.4 Å². The van der Waals surface area contributed by atoms with Crippen LogP contribution >= 0.6 is 0 Å². The lowest BCUT2D eigenvalue weighted by Crippen LogP contribution is -2.62. The van der Waals surface area contributed by atoms with Crippen molar-refractivity contribution >= 4 is 17.6 Å². The van der Waals surface area contributed by atoms with Gasteiger partial charge >= 0.3 is 11.9 Å². The van der Waals surface area contributed by atoms with Crippen LogP contribution in [0.4, 0.5) is 19.0 Å². The van der Waals surface area contributed by atoms with E-state index in [1.54, 1.807) is 23.5 Å². The number of aromatic nitrogens is 3. The number of H-pyrrole nitrogens is 1. The maximum absolute atomic E-state index is 14.5. The van der Waals surface area contributed by atoms with Gasteiger partial charge in [0.15, 0.2) is 11.5 Å². The molecule has 0 spiro atoms. The molecule has 0 radical (unpaired) electrons. The number of rotatable bonds is 7. The minimum Gasteiger partial charge on any atom is -0.493 e. The number of methoxy groups -OCH3 is 2. The van der Waals surface area contributed by atoms with Crippen LogP contribution in [-0.2, 0) is 23.3 Å². The fourth-order valence-corrected chi connectivity index (χ4v) is 4.05. The van der Waals surface area contributed by atoms with E-state index in [2.05, 4.69) is 4.98 Å². The Morgan fingerprint density at radius 1 is 1.14 bits per heavy atom. The molecule has 194 valence electrons. The number of aryl methyl sites for hydroxylation is 1. The highest BCUT2D eigenvalue weighted by Gasteiger charge is 2.68. The average molecular weight is 519 g/mol. The van der Waals surface area contributed by atoms with Gasteiger partial charge in [-0.05, 0) is 36.2 Å². The minimum atomic E-state index is -5.45. The third kappa shape index (κ3) is 4.30. The van der Waals surface area contributed by atoms with E-state index in [9.17, 15) is 32.3 Å². The standard InChI is InChI=1S/C23H20F3N5O6/c1-36-14-6-5-12(10-15(14)37-2)7-9-31-17-16(19(33)29-21(31)35)22(20(34)28-17,23(24,25)26)30-18(32)13-4-3-8-27-11-13/h3-6,8,10-11H,7,9H2,1-2H3,(H,28,34)(H,30,32)(H,29,33,35). The molecule has 3 heterocycles. The molecule has 0 saturated carbocycles. The van der Waals surface area contributed by atoms with Gasteiger partial charge in [-0.3, -0.25) is 28.9 Å². The first-order valence-electron chi connectivity index (χ1n) is 10.7. The number of aromatic amines is 1. The Morgan fingerprint density at radius 2 is 1.86 bits per heavy atom. The average Bonchev–Trinajstić information content (AvgIpc) is 3.17. The molecule has 1 unspecified atom stereocenters. The SMILES string of the molecule is COc1ccc(CCn2c3c(c(=O)[nH]c2=O)C(NC(=O)c2cccnc2)(C(F)(F)F)C(=O)N3)cc1OC. The third-order valence-electron chi connectivity index (χ3n) is 5.87. The van der Waals surface area contributed by atoms with Gasteiger partial charge in [0.2, 0.25) is 0 Å². The van der Waals surface area contributed by atoms with Gasteiger partial charge < -0.3 is 20.1 Å². The molecule has 2 amide bonds. The second-order valence-corrected chi connectivity index (χ2v) is 7.97. The number of alkyl halides is 3. The summed E-state index contributed by atoms with van der Waals surface area (Å²) < 4.78 is 54.6. The summed E-state index contributed by atoms with van der Waals surface area (Å²) in [5, 5.41) is 3.65. The normalized spacial score (nSPS) is 16.6. The Hall–Kier alpha value is -4.62. The molecule has 0 fully saturated rings. The predicted octanol–water partition coefficient (Wildman–Crippen LogP) is 1.33. The van der Waals surface area contributed by atoms with Crippen molar-refractivity contribution in [3.05, 3.63) is 80.3 Å². The molecule has 0 saturated heterocycles. The van der Waals surface area contributed by atoms with Gasteiger partial charge in [-0.25, -0.2) is 4.79 Å². The number of hydrogen-bond donors (Lipinski definition) is 3. The number of benzene rings is 1. The summed E-state index contributed by atoms with van der Waals surface area (Å²) in [7, 11) is 2.87. The van der Waals surface area contributed by atoms with Crippen molar-refractivity contribution in [2.75, 3.05) is 19.5 Å². The highest BCUT2D eigenvalue weighted by molar-refractivity contribution is 6.09. The molecule has 11 nitrogen and oxygen atoms in total. The highest BCUT2D eigenvalue weighted by atomic mass is 19.4. The third-order valence-corrected chi connectivity index (χ3v) is 5.87. The molecule has 1 aliphatic heterocycles. The zero-order chi connectivity index (χ0) is 27.0.